The van der Waals surface area contributed by atoms with Crippen LogP contribution in [0.15, 0.2) is 48.5 Å². The highest BCUT2D eigenvalue weighted by atomic mass is 32.1. The predicted octanol–water partition coefficient (Wildman–Crippen LogP) is 4.91. The summed E-state index contributed by atoms with van der Waals surface area (Å²) in [5, 5.41) is 26.7. The molecule has 0 amide bonds. The topological polar surface area (TPSA) is 99.4 Å². The number of nitrogens with one attached hydrogen (secondary N) is 2. The maximum absolute atomic E-state index is 8.81. The van der Waals surface area contributed by atoms with Gasteiger partial charge in [0.1, 0.15) is 10.8 Å². The van der Waals surface area contributed by atoms with E-state index < -0.39 is 0 Å². The summed E-state index contributed by atoms with van der Waals surface area (Å²) >= 11 is 1.58. The summed E-state index contributed by atoms with van der Waals surface area (Å²) in [5.74, 6) is 1.76. The van der Waals surface area contributed by atoms with E-state index in [0.717, 1.165) is 32.3 Å². The van der Waals surface area contributed by atoms with Crippen LogP contribution in [0.2, 0.25) is 0 Å². The molecule has 2 aromatic heterocycles. The van der Waals surface area contributed by atoms with Crippen molar-refractivity contribution in [3.8, 4) is 6.07 Å². The molecule has 8 heteroatoms. The van der Waals surface area contributed by atoms with Gasteiger partial charge in [0.25, 0.3) is 0 Å². The van der Waals surface area contributed by atoms with E-state index in [1.807, 2.05) is 48.5 Å². The second-order valence-electron chi connectivity index (χ2n) is 6.91. The Hall–Kier alpha value is -3.57. The van der Waals surface area contributed by atoms with Crippen molar-refractivity contribution < 1.29 is 0 Å². The molecule has 2 aromatic carbocycles. The molecule has 0 spiro atoms. The standard InChI is InChI=1S/C21H17N7S/c22-12-11-13-5-9-15(10-6-13)23-20-24-17-4-2-1-3-16(17)18(25-20)26-21-28-27-19(29-21)14-7-8-14/h1-6,9-10,14H,7-8,11H2,(H2,23,24,25,26,28). The van der Waals surface area contributed by atoms with Gasteiger partial charge in [0.05, 0.1) is 18.0 Å². The van der Waals surface area contributed by atoms with Crippen LogP contribution in [-0.4, -0.2) is 20.2 Å². The zero-order chi connectivity index (χ0) is 19.6. The van der Waals surface area contributed by atoms with Crippen molar-refractivity contribution in [1.82, 2.24) is 20.2 Å². The molecule has 2 heterocycles. The normalized spacial score (nSPS) is 13.2. The van der Waals surface area contributed by atoms with Crippen LogP contribution in [0.5, 0.6) is 0 Å². The van der Waals surface area contributed by atoms with Crippen LogP contribution in [0.1, 0.15) is 29.3 Å². The van der Waals surface area contributed by atoms with Crippen LogP contribution >= 0.6 is 11.3 Å². The highest BCUT2D eigenvalue weighted by molar-refractivity contribution is 7.15. The Labute approximate surface area is 171 Å². The SMILES string of the molecule is N#CCc1ccc(Nc2nc(Nc3nnc(C4CC4)s3)c3ccccc3n2)cc1. The van der Waals surface area contributed by atoms with Gasteiger partial charge in [-0.1, -0.05) is 35.6 Å². The number of anilines is 4. The third-order valence-corrected chi connectivity index (χ3v) is 5.69. The summed E-state index contributed by atoms with van der Waals surface area (Å²) in [6.45, 7) is 0. The Morgan fingerprint density at radius 3 is 2.62 bits per heavy atom. The lowest BCUT2D eigenvalue weighted by Crippen LogP contribution is -2.02. The molecule has 0 atom stereocenters. The van der Waals surface area contributed by atoms with Gasteiger partial charge in [0.15, 0.2) is 0 Å². The van der Waals surface area contributed by atoms with E-state index in [1.165, 1.54) is 12.8 Å². The van der Waals surface area contributed by atoms with Crippen molar-refractivity contribution >= 4 is 44.8 Å². The molecule has 142 valence electrons. The van der Waals surface area contributed by atoms with Gasteiger partial charge < -0.3 is 10.6 Å². The number of nitrogens with zero attached hydrogens (tertiary/aromatic N) is 5. The van der Waals surface area contributed by atoms with E-state index in [-0.39, 0.29) is 0 Å². The van der Waals surface area contributed by atoms with E-state index in [0.29, 0.717) is 24.1 Å². The molecule has 0 saturated heterocycles. The van der Waals surface area contributed by atoms with E-state index in [9.17, 15) is 0 Å². The average molecular weight is 399 g/mol. The summed E-state index contributed by atoms with van der Waals surface area (Å²) in [6.07, 6.45) is 2.80. The van der Waals surface area contributed by atoms with E-state index in [2.05, 4.69) is 36.9 Å². The Balaban J connectivity index is 1.45. The number of benzene rings is 2. The molecule has 7 nitrogen and oxygen atoms in total. The maximum Gasteiger partial charge on any atom is 0.229 e. The number of aromatic nitrogens is 4. The molecular weight excluding hydrogens is 382 g/mol. The minimum Gasteiger partial charge on any atom is -0.324 e. The molecule has 5 rings (SSSR count). The van der Waals surface area contributed by atoms with Gasteiger partial charge in [-0.05, 0) is 42.7 Å². The van der Waals surface area contributed by atoms with Crippen LogP contribution in [-0.2, 0) is 6.42 Å². The number of hydrogen-bond acceptors (Lipinski definition) is 8. The lowest BCUT2D eigenvalue weighted by Gasteiger charge is -2.10. The van der Waals surface area contributed by atoms with Gasteiger partial charge in [-0.15, -0.1) is 10.2 Å². The van der Waals surface area contributed by atoms with Crippen molar-refractivity contribution in [2.45, 2.75) is 25.2 Å². The molecule has 29 heavy (non-hydrogen) atoms. The third kappa shape index (κ3) is 3.86. The quantitative estimate of drug-likeness (QED) is 0.475. The van der Waals surface area contributed by atoms with Crippen LogP contribution in [0.4, 0.5) is 22.6 Å². The number of fused-ring (bicyclic) bond motifs is 1. The van der Waals surface area contributed by atoms with Gasteiger partial charge in [-0.3, -0.25) is 0 Å². The summed E-state index contributed by atoms with van der Waals surface area (Å²) in [7, 11) is 0. The van der Waals surface area contributed by atoms with Gasteiger partial charge in [0, 0.05) is 17.0 Å². The predicted molar refractivity (Wildman–Crippen MR) is 114 cm³/mol. The molecule has 1 saturated carbocycles. The first kappa shape index (κ1) is 17.5. The number of hydrogen-bond donors (Lipinski definition) is 2. The fraction of sp³-hybridized carbons (Fsp3) is 0.190. The largest absolute Gasteiger partial charge is 0.324 e. The highest BCUT2D eigenvalue weighted by Gasteiger charge is 2.27. The maximum atomic E-state index is 8.81. The monoisotopic (exact) mass is 399 g/mol. The summed E-state index contributed by atoms with van der Waals surface area (Å²) < 4.78 is 0. The first-order valence-corrected chi connectivity index (χ1v) is 10.2. The van der Waals surface area contributed by atoms with Crippen molar-refractivity contribution in [2.24, 2.45) is 0 Å². The number of nitriles is 1. The second-order valence-corrected chi connectivity index (χ2v) is 7.92. The first-order chi connectivity index (χ1) is 14.3. The van der Waals surface area contributed by atoms with Crippen molar-refractivity contribution in [2.75, 3.05) is 10.6 Å². The van der Waals surface area contributed by atoms with E-state index in [1.54, 1.807) is 11.3 Å². The van der Waals surface area contributed by atoms with Gasteiger partial charge in [-0.25, -0.2) is 4.98 Å². The molecular formula is C21H17N7S. The Morgan fingerprint density at radius 2 is 1.83 bits per heavy atom. The summed E-state index contributed by atoms with van der Waals surface area (Å²) in [5.41, 5.74) is 2.67. The number of rotatable bonds is 6. The van der Waals surface area contributed by atoms with Crippen molar-refractivity contribution in [1.29, 1.82) is 5.26 Å². The van der Waals surface area contributed by atoms with E-state index >= 15 is 0 Å². The molecule has 2 N–H and O–H groups in total. The Kier molecular flexibility index (Phi) is 4.50. The summed E-state index contributed by atoms with van der Waals surface area (Å²) in [6, 6.07) is 17.7. The van der Waals surface area contributed by atoms with Gasteiger partial charge in [0.2, 0.25) is 11.1 Å². The zero-order valence-corrected chi connectivity index (χ0v) is 16.3. The molecule has 0 bridgehead atoms. The van der Waals surface area contributed by atoms with E-state index in [4.69, 9.17) is 5.26 Å². The first-order valence-electron chi connectivity index (χ1n) is 9.38. The molecule has 0 unspecified atom stereocenters. The van der Waals surface area contributed by atoms with Crippen molar-refractivity contribution in [3.05, 3.63) is 59.1 Å². The Morgan fingerprint density at radius 1 is 1.00 bits per heavy atom. The molecule has 1 aliphatic carbocycles. The van der Waals surface area contributed by atoms with Crippen LogP contribution in [0.25, 0.3) is 10.9 Å². The molecule has 1 fully saturated rings. The van der Waals surface area contributed by atoms with Crippen LogP contribution in [0, 0.1) is 11.3 Å². The molecule has 1 aliphatic rings. The minimum absolute atomic E-state index is 0.394. The molecule has 0 radical (unpaired) electrons. The second kappa shape index (κ2) is 7.45. The zero-order valence-electron chi connectivity index (χ0n) is 15.5. The van der Waals surface area contributed by atoms with Crippen molar-refractivity contribution in [3.63, 3.8) is 0 Å². The third-order valence-electron chi connectivity index (χ3n) is 4.69. The fourth-order valence-corrected chi connectivity index (χ4v) is 3.95. The average Bonchev–Trinajstić information content (AvgIpc) is 3.49. The lowest BCUT2D eigenvalue weighted by molar-refractivity contribution is 0.977. The van der Waals surface area contributed by atoms with Gasteiger partial charge in [-0.2, -0.15) is 10.2 Å². The summed E-state index contributed by atoms with van der Waals surface area (Å²) in [4.78, 5) is 9.30. The highest BCUT2D eigenvalue weighted by Crippen LogP contribution is 2.42. The Bertz CT molecular complexity index is 1210. The lowest BCUT2D eigenvalue weighted by atomic mass is 10.1. The van der Waals surface area contributed by atoms with Crippen LogP contribution < -0.4 is 10.6 Å². The molecule has 4 aromatic rings. The van der Waals surface area contributed by atoms with Crippen LogP contribution in [0.3, 0.4) is 0 Å². The van der Waals surface area contributed by atoms with Gasteiger partial charge >= 0.3 is 0 Å². The minimum atomic E-state index is 0.394. The smallest absolute Gasteiger partial charge is 0.229 e. The molecule has 0 aliphatic heterocycles. The fourth-order valence-electron chi connectivity index (χ4n) is 3.04. The number of para-hydroxylation sites is 1.